The maximum absolute atomic E-state index is 4.31. The van der Waals surface area contributed by atoms with Crippen molar-refractivity contribution in [2.24, 2.45) is 5.41 Å². The van der Waals surface area contributed by atoms with Gasteiger partial charge in [0.05, 0.1) is 0 Å². The van der Waals surface area contributed by atoms with E-state index < -0.39 is 0 Å². The number of hydrogen-bond acceptors (Lipinski definition) is 3. The predicted octanol–water partition coefficient (Wildman–Crippen LogP) is 3.60. The Bertz CT molecular complexity index is 446. The van der Waals surface area contributed by atoms with Gasteiger partial charge in [0.1, 0.15) is 0 Å². The Labute approximate surface area is 123 Å². The van der Waals surface area contributed by atoms with Gasteiger partial charge >= 0.3 is 0 Å². The summed E-state index contributed by atoms with van der Waals surface area (Å²) in [7, 11) is 0. The molecule has 0 aromatic carbocycles. The number of rotatable bonds is 3. The van der Waals surface area contributed by atoms with Gasteiger partial charge in [-0.05, 0) is 45.1 Å². The molecule has 0 unspecified atom stereocenters. The molecule has 112 valence electrons. The molecule has 2 rings (SSSR count). The van der Waals surface area contributed by atoms with Crippen molar-refractivity contribution in [2.75, 3.05) is 18.0 Å². The number of nitrogens with zero attached hydrogens (tertiary/aromatic N) is 2. The largest absolute Gasteiger partial charge is 0.371 e. The molecule has 1 N–H and O–H groups in total. The first-order valence-corrected chi connectivity index (χ1v) is 7.70. The van der Waals surface area contributed by atoms with Gasteiger partial charge in [0.25, 0.3) is 0 Å². The summed E-state index contributed by atoms with van der Waals surface area (Å²) in [5.41, 5.74) is 3.20. The van der Waals surface area contributed by atoms with Crippen molar-refractivity contribution in [3.63, 3.8) is 0 Å². The Kier molecular flexibility index (Phi) is 4.38. The number of nitrogens with one attached hydrogen (secondary N) is 1. The maximum Gasteiger partial charge on any atom is 0.0443 e. The molecule has 0 atom stereocenters. The molecular formula is C17H29N3. The molecule has 0 spiro atoms. The van der Waals surface area contributed by atoms with Gasteiger partial charge in [-0.3, -0.25) is 4.98 Å². The highest BCUT2D eigenvalue weighted by molar-refractivity contribution is 5.52. The average molecular weight is 275 g/mol. The molecule has 1 aliphatic heterocycles. The van der Waals surface area contributed by atoms with Gasteiger partial charge in [-0.2, -0.15) is 0 Å². The van der Waals surface area contributed by atoms with E-state index in [1.165, 1.54) is 24.1 Å². The topological polar surface area (TPSA) is 28.2 Å². The first-order chi connectivity index (χ1) is 9.27. The molecule has 20 heavy (non-hydrogen) atoms. The Morgan fingerprint density at radius 3 is 2.75 bits per heavy atom. The van der Waals surface area contributed by atoms with Crippen LogP contribution in [0.4, 0.5) is 5.69 Å². The molecule has 0 aliphatic carbocycles. The fourth-order valence-electron chi connectivity index (χ4n) is 2.85. The zero-order valence-electron chi connectivity index (χ0n) is 13.7. The van der Waals surface area contributed by atoms with E-state index in [0.717, 1.165) is 19.6 Å². The van der Waals surface area contributed by atoms with Gasteiger partial charge in [0.15, 0.2) is 0 Å². The van der Waals surface area contributed by atoms with Gasteiger partial charge in [-0.1, -0.05) is 13.8 Å². The van der Waals surface area contributed by atoms with Crippen molar-refractivity contribution in [3.8, 4) is 0 Å². The smallest absolute Gasteiger partial charge is 0.0443 e. The SMILES string of the molecule is CC1(C)CCCN(c2ccncc2CNC(C)(C)C)C1. The van der Waals surface area contributed by atoms with E-state index in [0.29, 0.717) is 5.41 Å². The van der Waals surface area contributed by atoms with Gasteiger partial charge < -0.3 is 10.2 Å². The van der Waals surface area contributed by atoms with E-state index in [2.05, 4.69) is 55.9 Å². The first kappa shape index (κ1) is 15.3. The molecule has 0 radical (unpaired) electrons. The lowest BCUT2D eigenvalue weighted by Crippen LogP contribution is -2.41. The summed E-state index contributed by atoms with van der Waals surface area (Å²) in [5.74, 6) is 0. The zero-order chi connectivity index (χ0) is 14.8. The lowest BCUT2D eigenvalue weighted by atomic mass is 9.84. The second-order valence-electron chi connectivity index (χ2n) is 7.80. The monoisotopic (exact) mass is 275 g/mol. The summed E-state index contributed by atoms with van der Waals surface area (Å²) in [5, 5.41) is 3.57. The summed E-state index contributed by atoms with van der Waals surface area (Å²) < 4.78 is 0. The molecule has 2 heterocycles. The fourth-order valence-corrected chi connectivity index (χ4v) is 2.85. The van der Waals surface area contributed by atoms with Gasteiger partial charge in [-0.15, -0.1) is 0 Å². The van der Waals surface area contributed by atoms with Crippen molar-refractivity contribution in [1.82, 2.24) is 10.3 Å². The first-order valence-electron chi connectivity index (χ1n) is 7.70. The highest BCUT2D eigenvalue weighted by Gasteiger charge is 2.27. The molecule has 1 saturated heterocycles. The van der Waals surface area contributed by atoms with Crippen LogP contribution < -0.4 is 10.2 Å². The summed E-state index contributed by atoms with van der Waals surface area (Å²) in [6, 6.07) is 2.17. The summed E-state index contributed by atoms with van der Waals surface area (Å²) >= 11 is 0. The Morgan fingerprint density at radius 1 is 1.35 bits per heavy atom. The predicted molar refractivity (Wildman–Crippen MR) is 86.1 cm³/mol. The third-order valence-electron chi connectivity index (χ3n) is 3.93. The lowest BCUT2D eigenvalue weighted by Gasteiger charge is -2.40. The van der Waals surface area contributed by atoms with Crippen LogP contribution in [0.25, 0.3) is 0 Å². The van der Waals surface area contributed by atoms with Crippen LogP contribution in [0.15, 0.2) is 18.5 Å². The third-order valence-corrected chi connectivity index (χ3v) is 3.93. The summed E-state index contributed by atoms with van der Waals surface area (Å²) in [6.07, 6.45) is 6.53. The van der Waals surface area contributed by atoms with E-state index in [1.807, 2.05) is 12.4 Å². The molecule has 3 heteroatoms. The van der Waals surface area contributed by atoms with E-state index in [-0.39, 0.29) is 5.54 Å². The van der Waals surface area contributed by atoms with E-state index >= 15 is 0 Å². The quantitative estimate of drug-likeness (QED) is 0.913. The summed E-state index contributed by atoms with van der Waals surface area (Å²) in [4.78, 5) is 6.84. The molecule has 3 nitrogen and oxygen atoms in total. The van der Waals surface area contributed by atoms with Crippen molar-refractivity contribution in [1.29, 1.82) is 0 Å². The number of pyridine rings is 1. The van der Waals surface area contributed by atoms with Crippen molar-refractivity contribution >= 4 is 5.69 Å². The molecule has 1 aromatic rings. The third kappa shape index (κ3) is 4.20. The normalized spacial score (nSPS) is 19.1. The highest BCUT2D eigenvalue weighted by Crippen LogP contribution is 2.32. The van der Waals surface area contributed by atoms with Crippen molar-refractivity contribution in [3.05, 3.63) is 24.0 Å². The van der Waals surface area contributed by atoms with Crippen LogP contribution in [-0.2, 0) is 6.54 Å². The van der Waals surface area contributed by atoms with Gasteiger partial charge in [-0.25, -0.2) is 0 Å². The Morgan fingerprint density at radius 2 is 2.10 bits per heavy atom. The van der Waals surface area contributed by atoms with E-state index in [4.69, 9.17) is 0 Å². The standard InChI is InChI=1S/C17H29N3/c1-16(2,3)19-12-14-11-18-9-7-15(14)20-10-6-8-17(4,5)13-20/h7,9,11,19H,6,8,10,12-13H2,1-5H3. The molecule has 1 fully saturated rings. The minimum atomic E-state index is 0.133. The summed E-state index contributed by atoms with van der Waals surface area (Å²) in [6.45, 7) is 14.5. The van der Waals surface area contributed by atoms with Crippen LogP contribution in [0, 0.1) is 5.41 Å². The van der Waals surface area contributed by atoms with Crippen LogP contribution in [-0.4, -0.2) is 23.6 Å². The van der Waals surface area contributed by atoms with E-state index in [1.54, 1.807) is 0 Å². The average Bonchev–Trinajstić information content (AvgIpc) is 2.34. The van der Waals surface area contributed by atoms with Crippen molar-refractivity contribution < 1.29 is 0 Å². The Hall–Kier alpha value is -1.09. The maximum atomic E-state index is 4.31. The molecule has 1 aromatic heterocycles. The lowest BCUT2D eigenvalue weighted by molar-refractivity contribution is 0.292. The molecule has 0 amide bonds. The molecule has 0 saturated carbocycles. The number of anilines is 1. The van der Waals surface area contributed by atoms with Gasteiger partial charge in [0.2, 0.25) is 0 Å². The molecule has 1 aliphatic rings. The van der Waals surface area contributed by atoms with Crippen LogP contribution in [0.5, 0.6) is 0 Å². The van der Waals surface area contributed by atoms with Gasteiger partial charge in [0, 0.05) is 48.8 Å². The minimum absolute atomic E-state index is 0.133. The van der Waals surface area contributed by atoms with E-state index in [9.17, 15) is 0 Å². The number of hydrogen-bond donors (Lipinski definition) is 1. The fraction of sp³-hybridized carbons (Fsp3) is 0.706. The van der Waals surface area contributed by atoms with Crippen LogP contribution in [0.3, 0.4) is 0 Å². The number of aromatic nitrogens is 1. The zero-order valence-corrected chi connectivity index (χ0v) is 13.7. The second-order valence-corrected chi connectivity index (χ2v) is 7.80. The second kappa shape index (κ2) is 5.72. The van der Waals surface area contributed by atoms with Crippen molar-refractivity contribution in [2.45, 2.75) is 59.5 Å². The Balaban J connectivity index is 2.15. The minimum Gasteiger partial charge on any atom is -0.371 e. The molecule has 0 bridgehead atoms. The van der Waals surface area contributed by atoms with Crippen LogP contribution >= 0.6 is 0 Å². The number of piperidine rings is 1. The highest BCUT2D eigenvalue weighted by atomic mass is 15.1. The van der Waals surface area contributed by atoms with Crippen LogP contribution in [0.2, 0.25) is 0 Å². The van der Waals surface area contributed by atoms with Crippen LogP contribution in [0.1, 0.15) is 53.0 Å². The molecular weight excluding hydrogens is 246 g/mol.